The Morgan fingerprint density at radius 1 is 1.56 bits per heavy atom. The second-order valence-corrected chi connectivity index (χ2v) is 5.04. The summed E-state index contributed by atoms with van der Waals surface area (Å²) in [5.74, 6) is 0.887. The van der Waals surface area contributed by atoms with E-state index in [4.69, 9.17) is 21.1 Å². The summed E-state index contributed by atoms with van der Waals surface area (Å²) in [5, 5.41) is 4.08. The molecule has 0 saturated carbocycles. The maximum absolute atomic E-state index is 6.05. The molecule has 0 aliphatic carbocycles. The van der Waals surface area contributed by atoms with Crippen LogP contribution in [0.3, 0.4) is 0 Å². The van der Waals surface area contributed by atoms with Crippen LogP contribution in [0.5, 0.6) is 5.75 Å². The summed E-state index contributed by atoms with van der Waals surface area (Å²) in [5.41, 5.74) is 1.12. The normalized spacial score (nSPS) is 20.9. The van der Waals surface area contributed by atoms with E-state index in [1.165, 1.54) is 0 Å². The number of hydrogen-bond acceptors (Lipinski definition) is 3. The Labute approximate surface area is 113 Å². The van der Waals surface area contributed by atoms with Crippen LogP contribution in [0.15, 0.2) is 18.2 Å². The molecule has 0 amide bonds. The van der Waals surface area contributed by atoms with Crippen LogP contribution in [-0.4, -0.2) is 32.9 Å². The predicted octanol–water partition coefficient (Wildman–Crippen LogP) is 2.66. The zero-order chi connectivity index (χ0) is 13.0. The Bertz CT molecular complexity index is 391. The van der Waals surface area contributed by atoms with Gasteiger partial charge in [-0.3, -0.25) is 0 Å². The molecule has 2 rings (SSSR count). The summed E-state index contributed by atoms with van der Waals surface area (Å²) in [6, 6.07) is 6.05. The first-order chi connectivity index (χ1) is 8.74. The van der Waals surface area contributed by atoms with E-state index in [1.54, 1.807) is 7.11 Å². The fourth-order valence-corrected chi connectivity index (χ4v) is 2.68. The molecule has 100 valence electrons. The van der Waals surface area contributed by atoms with Crippen LogP contribution in [0.4, 0.5) is 0 Å². The van der Waals surface area contributed by atoms with Crippen LogP contribution >= 0.6 is 11.6 Å². The summed E-state index contributed by atoms with van der Waals surface area (Å²) < 4.78 is 11.1. The van der Waals surface area contributed by atoms with E-state index >= 15 is 0 Å². The molecule has 0 spiro atoms. The predicted molar refractivity (Wildman–Crippen MR) is 73.5 cm³/mol. The van der Waals surface area contributed by atoms with Crippen LogP contribution in [0.2, 0.25) is 5.02 Å². The minimum Gasteiger partial charge on any atom is -0.496 e. The van der Waals surface area contributed by atoms with Gasteiger partial charge in [-0.15, -0.1) is 0 Å². The van der Waals surface area contributed by atoms with Gasteiger partial charge < -0.3 is 14.8 Å². The monoisotopic (exact) mass is 269 g/mol. The zero-order valence-corrected chi connectivity index (χ0v) is 11.7. The van der Waals surface area contributed by atoms with Crippen LogP contribution in [-0.2, 0) is 11.2 Å². The molecule has 1 aromatic rings. The lowest BCUT2D eigenvalue weighted by molar-refractivity contribution is 0.0806. The molecule has 1 saturated heterocycles. The second-order valence-electron chi connectivity index (χ2n) is 4.61. The second kappa shape index (κ2) is 6.41. The Hall–Kier alpha value is -0.770. The van der Waals surface area contributed by atoms with Crippen molar-refractivity contribution in [1.82, 2.24) is 5.32 Å². The molecule has 0 bridgehead atoms. The van der Waals surface area contributed by atoms with Gasteiger partial charge in [-0.25, -0.2) is 0 Å². The van der Waals surface area contributed by atoms with E-state index in [9.17, 15) is 0 Å². The van der Waals surface area contributed by atoms with Crippen molar-refractivity contribution in [3.8, 4) is 5.75 Å². The smallest absolute Gasteiger partial charge is 0.122 e. The van der Waals surface area contributed by atoms with Crippen molar-refractivity contribution in [1.29, 1.82) is 0 Å². The molecule has 3 nitrogen and oxygen atoms in total. The highest BCUT2D eigenvalue weighted by atomic mass is 35.5. The van der Waals surface area contributed by atoms with Crippen molar-refractivity contribution in [2.45, 2.75) is 31.4 Å². The summed E-state index contributed by atoms with van der Waals surface area (Å²) in [6.07, 6.45) is 3.42. The molecule has 4 heteroatoms. The lowest BCUT2D eigenvalue weighted by atomic mass is 9.99. The van der Waals surface area contributed by atoms with Gasteiger partial charge in [-0.1, -0.05) is 11.6 Å². The molecular formula is C14H20ClNO2. The van der Waals surface area contributed by atoms with Crippen LogP contribution in [0.1, 0.15) is 18.4 Å². The van der Waals surface area contributed by atoms with Gasteiger partial charge in [0.2, 0.25) is 0 Å². The SMILES string of the molecule is CNC(Cc1cc(Cl)ccc1OC)C1CCCO1. The first-order valence-electron chi connectivity index (χ1n) is 6.36. The standard InChI is InChI=1S/C14H20ClNO2/c1-16-12(14-4-3-7-18-14)9-10-8-11(15)5-6-13(10)17-2/h5-6,8,12,14,16H,3-4,7,9H2,1-2H3. The first kappa shape index (κ1) is 13.7. The summed E-state index contributed by atoms with van der Waals surface area (Å²) in [7, 11) is 3.66. The van der Waals surface area contributed by atoms with Gasteiger partial charge in [0.05, 0.1) is 13.2 Å². The number of likely N-dealkylation sites (N-methyl/N-ethyl adjacent to an activating group) is 1. The topological polar surface area (TPSA) is 30.5 Å². The minimum absolute atomic E-state index is 0.290. The minimum atomic E-state index is 0.290. The molecule has 1 aliphatic heterocycles. The van der Waals surface area contributed by atoms with Crippen molar-refractivity contribution in [2.75, 3.05) is 20.8 Å². The molecular weight excluding hydrogens is 250 g/mol. The number of benzene rings is 1. The Morgan fingerprint density at radius 3 is 3.00 bits per heavy atom. The van der Waals surface area contributed by atoms with Crippen molar-refractivity contribution in [3.05, 3.63) is 28.8 Å². The molecule has 2 unspecified atom stereocenters. The average molecular weight is 270 g/mol. The van der Waals surface area contributed by atoms with Gasteiger partial charge in [0.15, 0.2) is 0 Å². The molecule has 1 heterocycles. The summed E-state index contributed by atoms with van der Waals surface area (Å²) in [4.78, 5) is 0. The highest BCUT2D eigenvalue weighted by Crippen LogP contribution is 2.26. The molecule has 1 aromatic carbocycles. The fourth-order valence-electron chi connectivity index (χ4n) is 2.48. The van der Waals surface area contributed by atoms with E-state index in [-0.39, 0.29) is 0 Å². The van der Waals surface area contributed by atoms with Gasteiger partial charge in [0.25, 0.3) is 0 Å². The molecule has 1 aliphatic rings. The van der Waals surface area contributed by atoms with Gasteiger partial charge in [0.1, 0.15) is 5.75 Å². The van der Waals surface area contributed by atoms with Crippen molar-refractivity contribution < 1.29 is 9.47 Å². The fraction of sp³-hybridized carbons (Fsp3) is 0.571. The maximum atomic E-state index is 6.05. The highest BCUT2D eigenvalue weighted by molar-refractivity contribution is 6.30. The third kappa shape index (κ3) is 3.16. The lowest BCUT2D eigenvalue weighted by Crippen LogP contribution is -2.39. The van der Waals surface area contributed by atoms with Gasteiger partial charge in [-0.05, 0) is 50.1 Å². The van der Waals surface area contributed by atoms with Crippen LogP contribution in [0.25, 0.3) is 0 Å². The van der Waals surface area contributed by atoms with Gasteiger partial charge in [0, 0.05) is 17.7 Å². The number of halogens is 1. The van der Waals surface area contributed by atoms with Crippen molar-refractivity contribution in [2.24, 2.45) is 0 Å². The van der Waals surface area contributed by atoms with E-state index in [0.29, 0.717) is 12.1 Å². The quantitative estimate of drug-likeness (QED) is 0.892. The van der Waals surface area contributed by atoms with Crippen LogP contribution in [0, 0.1) is 0 Å². The summed E-state index contributed by atoms with van der Waals surface area (Å²) >= 11 is 6.05. The van der Waals surface area contributed by atoms with Gasteiger partial charge >= 0.3 is 0 Å². The third-order valence-electron chi connectivity index (χ3n) is 3.47. The van der Waals surface area contributed by atoms with E-state index in [2.05, 4.69) is 5.32 Å². The lowest BCUT2D eigenvalue weighted by Gasteiger charge is -2.23. The molecule has 1 fully saturated rings. The number of hydrogen-bond donors (Lipinski definition) is 1. The number of methoxy groups -OCH3 is 1. The average Bonchev–Trinajstić information content (AvgIpc) is 2.90. The number of rotatable bonds is 5. The van der Waals surface area contributed by atoms with E-state index in [1.807, 2.05) is 25.2 Å². The van der Waals surface area contributed by atoms with E-state index in [0.717, 1.165) is 42.2 Å². The Morgan fingerprint density at radius 2 is 2.39 bits per heavy atom. The van der Waals surface area contributed by atoms with Crippen LogP contribution < -0.4 is 10.1 Å². The zero-order valence-electron chi connectivity index (χ0n) is 10.9. The largest absolute Gasteiger partial charge is 0.496 e. The molecule has 2 atom stereocenters. The number of nitrogens with one attached hydrogen (secondary N) is 1. The molecule has 1 N–H and O–H groups in total. The first-order valence-corrected chi connectivity index (χ1v) is 6.73. The molecule has 0 aromatic heterocycles. The van der Waals surface area contributed by atoms with E-state index < -0.39 is 0 Å². The molecule has 0 radical (unpaired) electrons. The Balaban J connectivity index is 2.12. The third-order valence-corrected chi connectivity index (χ3v) is 3.70. The summed E-state index contributed by atoms with van der Waals surface area (Å²) in [6.45, 7) is 0.871. The van der Waals surface area contributed by atoms with Crippen molar-refractivity contribution >= 4 is 11.6 Å². The molecule has 18 heavy (non-hydrogen) atoms. The maximum Gasteiger partial charge on any atom is 0.122 e. The Kier molecular flexibility index (Phi) is 4.87. The van der Waals surface area contributed by atoms with Crippen molar-refractivity contribution in [3.63, 3.8) is 0 Å². The number of ether oxygens (including phenoxy) is 2. The van der Waals surface area contributed by atoms with Gasteiger partial charge in [-0.2, -0.15) is 0 Å². The highest BCUT2D eigenvalue weighted by Gasteiger charge is 2.25.